The van der Waals surface area contributed by atoms with E-state index in [1.54, 1.807) is 26.0 Å². The van der Waals surface area contributed by atoms with Crippen LogP contribution in [0.3, 0.4) is 0 Å². The summed E-state index contributed by atoms with van der Waals surface area (Å²) in [5.74, 6) is -3.25. The molecule has 10 nitrogen and oxygen atoms in total. The van der Waals surface area contributed by atoms with Gasteiger partial charge in [-0.3, -0.25) is 19.2 Å². The second-order valence-electron chi connectivity index (χ2n) is 7.06. The van der Waals surface area contributed by atoms with Crippen molar-refractivity contribution in [3.63, 3.8) is 0 Å². The molecule has 0 saturated heterocycles. The Labute approximate surface area is 168 Å². The summed E-state index contributed by atoms with van der Waals surface area (Å²) in [6, 6.07) is 3.21. The molecule has 1 aromatic carbocycles. The van der Waals surface area contributed by atoms with Crippen LogP contribution in [-0.2, 0) is 25.6 Å². The highest BCUT2D eigenvalue weighted by Gasteiger charge is 2.29. The summed E-state index contributed by atoms with van der Waals surface area (Å²) in [5, 5.41) is 25.5. The molecule has 160 valence electrons. The smallest absolute Gasteiger partial charge is 0.322 e. The number of carboxylic acid groups (broad SMARTS) is 1. The van der Waals surface area contributed by atoms with Crippen LogP contribution >= 0.6 is 0 Å². The molecule has 1 aromatic rings. The number of phenols is 1. The SMILES string of the molecule is CC(N)C(=O)NC(C(=O)NC(Cc1ccc(O)cc1)C(=O)NCC(=O)O)C(C)C. The molecule has 0 aliphatic heterocycles. The number of amides is 3. The molecule has 0 radical (unpaired) electrons. The number of nitrogens with two attached hydrogens (primary N) is 1. The van der Waals surface area contributed by atoms with E-state index in [4.69, 9.17) is 10.8 Å². The number of carboxylic acids is 1. The van der Waals surface area contributed by atoms with Crippen molar-refractivity contribution in [2.24, 2.45) is 11.7 Å². The molecule has 3 atom stereocenters. The van der Waals surface area contributed by atoms with Gasteiger partial charge in [-0.1, -0.05) is 26.0 Å². The third kappa shape index (κ3) is 8.18. The summed E-state index contributed by atoms with van der Waals surface area (Å²) in [5.41, 5.74) is 6.17. The van der Waals surface area contributed by atoms with Crippen molar-refractivity contribution in [3.8, 4) is 5.75 Å². The number of hydrogen-bond acceptors (Lipinski definition) is 6. The number of rotatable bonds is 10. The summed E-state index contributed by atoms with van der Waals surface area (Å²) in [4.78, 5) is 47.8. The van der Waals surface area contributed by atoms with Crippen LogP contribution in [-0.4, -0.2) is 58.6 Å². The number of benzene rings is 1. The molecule has 0 aliphatic carbocycles. The minimum Gasteiger partial charge on any atom is -0.508 e. The van der Waals surface area contributed by atoms with E-state index in [0.717, 1.165) is 0 Å². The fourth-order valence-corrected chi connectivity index (χ4v) is 2.44. The second-order valence-corrected chi connectivity index (χ2v) is 7.06. The Morgan fingerprint density at radius 3 is 2.03 bits per heavy atom. The summed E-state index contributed by atoms with van der Waals surface area (Å²) in [7, 11) is 0. The summed E-state index contributed by atoms with van der Waals surface area (Å²) in [6.07, 6.45) is 0.0591. The van der Waals surface area contributed by atoms with Gasteiger partial charge in [-0.25, -0.2) is 0 Å². The van der Waals surface area contributed by atoms with E-state index < -0.39 is 48.4 Å². The third-order valence-electron chi connectivity index (χ3n) is 4.08. The van der Waals surface area contributed by atoms with Crippen LogP contribution in [0.1, 0.15) is 26.3 Å². The molecule has 3 amide bonds. The van der Waals surface area contributed by atoms with Crippen LogP contribution in [0.5, 0.6) is 5.75 Å². The quantitative estimate of drug-likeness (QED) is 0.291. The molecule has 7 N–H and O–H groups in total. The Hall–Kier alpha value is -3.14. The van der Waals surface area contributed by atoms with Gasteiger partial charge in [0.2, 0.25) is 17.7 Å². The number of carbonyl (C=O) groups excluding carboxylic acids is 3. The maximum Gasteiger partial charge on any atom is 0.322 e. The van der Waals surface area contributed by atoms with Gasteiger partial charge in [-0.2, -0.15) is 0 Å². The number of nitrogens with one attached hydrogen (secondary N) is 3. The first kappa shape index (κ1) is 23.9. The van der Waals surface area contributed by atoms with Crippen molar-refractivity contribution in [1.82, 2.24) is 16.0 Å². The molecule has 0 bridgehead atoms. The molecule has 0 heterocycles. The van der Waals surface area contributed by atoms with Crippen LogP contribution in [0.15, 0.2) is 24.3 Å². The van der Waals surface area contributed by atoms with Crippen LogP contribution in [0.25, 0.3) is 0 Å². The summed E-state index contributed by atoms with van der Waals surface area (Å²) >= 11 is 0. The molecule has 10 heteroatoms. The van der Waals surface area contributed by atoms with Crippen molar-refractivity contribution in [1.29, 1.82) is 0 Å². The van der Waals surface area contributed by atoms with E-state index in [1.165, 1.54) is 19.1 Å². The third-order valence-corrected chi connectivity index (χ3v) is 4.08. The van der Waals surface area contributed by atoms with Crippen molar-refractivity contribution in [2.45, 2.75) is 45.3 Å². The first-order valence-corrected chi connectivity index (χ1v) is 9.15. The Morgan fingerprint density at radius 1 is 0.966 bits per heavy atom. The van der Waals surface area contributed by atoms with E-state index >= 15 is 0 Å². The van der Waals surface area contributed by atoms with Gasteiger partial charge in [0.05, 0.1) is 6.04 Å². The minimum atomic E-state index is -1.22. The lowest BCUT2D eigenvalue weighted by atomic mass is 10.0. The topological polar surface area (TPSA) is 171 Å². The van der Waals surface area contributed by atoms with Crippen molar-refractivity contribution < 1.29 is 29.4 Å². The summed E-state index contributed by atoms with van der Waals surface area (Å²) in [6.45, 7) is 4.34. The molecule has 0 saturated carbocycles. The number of aliphatic carboxylic acids is 1. The lowest BCUT2D eigenvalue weighted by Crippen LogP contribution is -2.57. The van der Waals surface area contributed by atoms with Gasteiger partial charge in [-0.15, -0.1) is 0 Å². The zero-order valence-corrected chi connectivity index (χ0v) is 16.6. The van der Waals surface area contributed by atoms with E-state index in [1.807, 2.05) is 0 Å². The number of carbonyl (C=O) groups is 4. The maximum atomic E-state index is 12.7. The lowest BCUT2D eigenvalue weighted by molar-refractivity contribution is -0.138. The molecule has 1 rings (SSSR count). The van der Waals surface area contributed by atoms with Gasteiger partial charge < -0.3 is 31.9 Å². The van der Waals surface area contributed by atoms with E-state index in [2.05, 4.69) is 16.0 Å². The largest absolute Gasteiger partial charge is 0.508 e. The molecule has 29 heavy (non-hydrogen) atoms. The van der Waals surface area contributed by atoms with Gasteiger partial charge in [0.15, 0.2) is 0 Å². The van der Waals surface area contributed by atoms with Gasteiger partial charge >= 0.3 is 5.97 Å². The average molecular weight is 408 g/mol. The van der Waals surface area contributed by atoms with Crippen LogP contribution < -0.4 is 21.7 Å². The van der Waals surface area contributed by atoms with Gasteiger partial charge in [0.1, 0.15) is 24.4 Å². The van der Waals surface area contributed by atoms with Crippen LogP contribution in [0.2, 0.25) is 0 Å². The fourth-order valence-electron chi connectivity index (χ4n) is 2.44. The molecular weight excluding hydrogens is 380 g/mol. The standard InChI is InChI=1S/C19H28N4O6/c1-10(2)16(23-17(27)11(3)20)19(29)22-14(18(28)21-9-15(25)26)8-12-4-6-13(24)7-5-12/h4-7,10-11,14,16,24H,8-9,20H2,1-3H3,(H,21,28)(H,22,29)(H,23,27)(H,25,26). The van der Waals surface area contributed by atoms with Crippen LogP contribution in [0, 0.1) is 5.92 Å². The molecular formula is C19H28N4O6. The monoisotopic (exact) mass is 408 g/mol. The predicted octanol–water partition coefficient (Wildman–Crippen LogP) is -0.892. The molecule has 0 aromatic heterocycles. The first-order chi connectivity index (χ1) is 13.5. The van der Waals surface area contributed by atoms with E-state index in [-0.39, 0.29) is 18.1 Å². The van der Waals surface area contributed by atoms with Crippen molar-refractivity contribution in [2.75, 3.05) is 6.54 Å². The minimum absolute atomic E-state index is 0.0446. The zero-order valence-electron chi connectivity index (χ0n) is 16.6. The number of phenolic OH excluding ortho intramolecular Hbond substituents is 1. The Kier molecular flexibility index (Phi) is 9.07. The highest BCUT2D eigenvalue weighted by Crippen LogP contribution is 2.12. The Bertz CT molecular complexity index is 733. The van der Waals surface area contributed by atoms with Gasteiger partial charge in [0.25, 0.3) is 0 Å². The fraction of sp³-hybridized carbons (Fsp3) is 0.474. The first-order valence-electron chi connectivity index (χ1n) is 9.15. The van der Waals surface area contributed by atoms with Crippen molar-refractivity contribution in [3.05, 3.63) is 29.8 Å². The molecule has 0 spiro atoms. The second kappa shape index (κ2) is 11.0. The highest BCUT2D eigenvalue weighted by atomic mass is 16.4. The van der Waals surface area contributed by atoms with Gasteiger partial charge in [-0.05, 0) is 30.5 Å². The average Bonchev–Trinajstić information content (AvgIpc) is 2.64. The van der Waals surface area contributed by atoms with Crippen molar-refractivity contribution >= 4 is 23.7 Å². The van der Waals surface area contributed by atoms with E-state index in [0.29, 0.717) is 5.56 Å². The maximum absolute atomic E-state index is 12.7. The zero-order chi connectivity index (χ0) is 22.1. The molecule has 0 aliphatic rings. The molecule has 0 fully saturated rings. The summed E-state index contributed by atoms with van der Waals surface area (Å²) < 4.78 is 0. The lowest BCUT2D eigenvalue weighted by Gasteiger charge is -2.26. The number of aromatic hydroxyl groups is 1. The van der Waals surface area contributed by atoms with E-state index in [9.17, 15) is 24.3 Å². The predicted molar refractivity (Wildman–Crippen MR) is 105 cm³/mol. The number of hydrogen-bond donors (Lipinski definition) is 6. The Balaban J connectivity index is 2.98. The van der Waals surface area contributed by atoms with Crippen LogP contribution in [0.4, 0.5) is 0 Å². The Morgan fingerprint density at radius 2 is 1.55 bits per heavy atom. The normalized spacial score (nSPS) is 13.8. The molecule has 3 unspecified atom stereocenters. The van der Waals surface area contributed by atoms with Gasteiger partial charge in [0, 0.05) is 6.42 Å². The highest BCUT2D eigenvalue weighted by molar-refractivity contribution is 5.93.